The molecule has 7 aromatic carbocycles. The van der Waals surface area contributed by atoms with Crippen LogP contribution in [0.5, 0.6) is 0 Å². The van der Waals surface area contributed by atoms with Crippen LogP contribution in [-0.4, -0.2) is 6.71 Å². The van der Waals surface area contributed by atoms with Gasteiger partial charge in [-0.2, -0.15) is 0 Å². The molecule has 0 fully saturated rings. The van der Waals surface area contributed by atoms with Crippen molar-refractivity contribution in [2.45, 2.75) is 124 Å². The molecule has 0 aromatic heterocycles. The minimum absolute atomic E-state index is 0.0136. The van der Waals surface area contributed by atoms with Crippen molar-refractivity contribution < 1.29 is 0 Å². The summed E-state index contributed by atoms with van der Waals surface area (Å²) >= 11 is 0. The monoisotopic (exact) mass is 835 g/mol. The van der Waals surface area contributed by atoms with E-state index in [-0.39, 0.29) is 33.8 Å². The smallest absolute Gasteiger partial charge is 0.252 e. The summed E-state index contributed by atoms with van der Waals surface area (Å²) in [7, 11) is 0. The molecule has 64 heavy (non-hydrogen) atoms. The van der Waals surface area contributed by atoms with E-state index < -0.39 is 0 Å². The molecule has 2 aliphatic carbocycles. The van der Waals surface area contributed by atoms with E-state index in [1.165, 1.54) is 112 Å². The highest BCUT2D eigenvalue weighted by Gasteiger charge is 2.49. The van der Waals surface area contributed by atoms with Gasteiger partial charge in [-0.05, 0) is 143 Å². The summed E-state index contributed by atoms with van der Waals surface area (Å²) in [6, 6.07) is 52.2. The molecule has 0 spiro atoms. The molecule has 0 atom stereocenters. The summed E-state index contributed by atoms with van der Waals surface area (Å²) in [4.78, 5) is 5.35. The number of hydrogen-bond donors (Lipinski definition) is 0. The lowest BCUT2D eigenvalue weighted by Gasteiger charge is -2.46. The third kappa shape index (κ3) is 5.84. The minimum Gasteiger partial charge on any atom is -0.311 e. The Bertz CT molecular complexity index is 3100. The number of anilines is 6. The quantitative estimate of drug-likeness (QED) is 0.164. The first-order valence-corrected chi connectivity index (χ1v) is 23.7. The van der Waals surface area contributed by atoms with Crippen molar-refractivity contribution >= 4 is 57.2 Å². The van der Waals surface area contributed by atoms with Crippen LogP contribution in [0, 0.1) is 6.92 Å². The van der Waals surface area contributed by atoms with Crippen LogP contribution in [0.4, 0.5) is 34.1 Å². The Morgan fingerprint density at radius 3 is 1.72 bits per heavy atom. The van der Waals surface area contributed by atoms with Gasteiger partial charge in [0.1, 0.15) is 0 Å². The third-order valence-corrected chi connectivity index (χ3v) is 15.7. The average Bonchev–Trinajstić information content (AvgIpc) is 3.59. The van der Waals surface area contributed by atoms with E-state index >= 15 is 0 Å². The first-order valence-electron chi connectivity index (χ1n) is 23.7. The molecule has 2 nitrogen and oxygen atoms in total. The van der Waals surface area contributed by atoms with Gasteiger partial charge < -0.3 is 9.80 Å². The summed E-state index contributed by atoms with van der Waals surface area (Å²) < 4.78 is 0. The fraction of sp³-hybridized carbons (Fsp3) is 0.311. The Labute approximate surface area is 383 Å². The molecule has 0 bridgehead atoms. The van der Waals surface area contributed by atoms with Gasteiger partial charge in [-0.3, -0.25) is 0 Å². The maximum atomic E-state index is 2.68. The van der Waals surface area contributed by atoms with E-state index in [4.69, 9.17) is 0 Å². The van der Waals surface area contributed by atoms with Gasteiger partial charge in [0.15, 0.2) is 0 Å². The molecular weight excluding hydrogens is 771 g/mol. The molecule has 0 unspecified atom stereocenters. The first kappa shape index (κ1) is 40.9. The second-order valence-electron chi connectivity index (χ2n) is 23.4. The van der Waals surface area contributed by atoms with Gasteiger partial charge in [0, 0.05) is 39.4 Å². The normalized spacial score (nSPS) is 17.0. The standard InChI is InChI=1S/C61H63BN2/c1-37-30-40(57(2,3)4)27-29-49(37)63-52-35-46-45(59(8,9)36-60(46,10)11)34-48(52)62-47-31-39(38-20-15-14-16-21-38)26-28-50(47)64(54-33-41(58(5,6)7)32-53(63)56(54)62)51-25-19-24-44-55(51)42-22-17-18-23-43(42)61(44,12)13/h14-35H,36H2,1-13H3. The van der Waals surface area contributed by atoms with Gasteiger partial charge in [0.2, 0.25) is 0 Å². The second kappa shape index (κ2) is 13.4. The highest BCUT2D eigenvalue weighted by atomic mass is 15.2. The van der Waals surface area contributed by atoms with Gasteiger partial charge in [-0.15, -0.1) is 0 Å². The highest BCUT2D eigenvalue weighted by Crippen LogP contribution is 2.57. The van der Waals surface area contributed by atoms with Crippen molar-refractivity contribution in [2.24, 2.45) is 0 Å². The van der Waals surface area contributed by atoms with Crippen LogP contribution in [0.25, 0.3) is 22.3 Å². The topological polar surface area (TPSA) is 6.48 Å². The molecule has 2 heterocycles. The predicted molar refractivity (Wildman–Crippen MR) is 276 cm³/mol. The van der Waals surface area contributed by atoms with Gasteiger partial charge in [-0.25, -0.2) is 0 Å². The number of rotatable bonds is 3. The molecule has 0 saturated heterocycles. The van der Waals surface area contributed by atoms with E-state index in [1.807, 2.05) is 0 Å². The zero-order chi connectivity index (χ0) is 45.0. The van der Waals surface area contributed by atoms with E-state index in [0.29, 0.717) is 0 Å². The number of nitrogens with zero attached hydrogens (tertiary/aromatic N) is 2. The van der Waals surface area contributed by atoms with Crippen LogP contribution in [0.15, 0.2) is 133 Å². The zero-order valence-electron chi connectivity index (χ0n) is 40.4. The van der Waals surface area contributed by atoms with Crippen LogP contribution >= 0.6 is 0 Å². The SMILES string of the molecule is Cc1cc(C(C)(C)C)ccc1N1c2cc3c(cc2B2c4cc(-c5ccccc5)ccc4N(c4cccc5c4-c4ccccc4C5(C)C)c4cc(C(C)(C)C)cc1c42)C(C)(C)CC3(C)C. The van der Waals surface area contributed by atoms with Crippen LogP contribution in [0.2, 0.25) is 0 Å². The summed E-state index contributed by atoms with van der Waals surface area (Å²) in [5, 5.41) is 0. The molecule has 11 rings (SSSR count). The fourth-order valence-electron chi connectivity index (χ4n) is 12.5. The molecule has 320 valence electrons. The lowest BCUT2D eigenvalue weighted by atomic mass is 9.33. The zero-order valence-corrected chi connectivity index (χ0v) is 40.4. The van der Waals surface area contributed by atoms with Crippen LogP contribution in [0.3, 0.4) is 0 Å². The first-order chi connectivity index (χ1) is 30.2. The Kier molecular flexibility index (Phi) is 8.56. The van der Waals surface area contributed by atoms with Crippen molar-refractivity contribution in [3.63, 3.8) is 0 Å². The number of fused-ring (bicyclic) bond motifs is 8. The van der Waals surface area contributed by atoms with Gasteiger partial charge in [0.25, 0.3) is 6.71 Å². The molecule has 0 radical (unpaired) electrons. The molecular formula is C61H63BN2. The Morgan fingerprint density at radius 1 is 0.453 bits per heavy atom. The van der Waals surface area contributed by atoms with Crippen molar-refractivity contribution in [3.8, 4) is 22.3 Å². The van der Waals surface area contributed by atoms with Crippen molar-refractivity contribution in [1.29, 1.82) is 0 Å². The molecule has 0 N–H and O–H groups in total. The molecule has 4 aliphatic rings. The van der Waals surface area contributed by atoms with E-state index in [2.05, 4.69) is 233 Å². The van der Waals surface area contributed by atoms with Gasteiger partial charge in [-0.1, -0.05) is 180 Å². The van der Waals surface area contributed by atoms with Crippen molar-refractivity contribution in [2.75, 3.05) is 9.80 Å². The summed E-state index contributed by atoms with van der Waals surface area (Å²) in [5.74, 6) is 0. The van der Waals surface area contributed by atoms with Gasteiger partial charge >= 0.3 is 0 Å². The predicted octanol–water partition coefficient (Wildman–Crippen LogP) is 14.6. The van der Waals surface area contributed by atoms with E-state index in [1.54, 1.807) is 0 Å². The Balaban J connectivity index is 1.30. The third-order valence-electron chi connectivity index (χ3n) is 15.7. The largest absolute Gasteiger partial charge is 0.311 e. The second-order valence-corrected chi connectivity index (χ2v) is 23.4. The average molecular weight is 835 g/mol. The summed E-state index contributed by atoms with van der Waals surface area (Å²) in [6.45, 7) is 31.1. The number of benzene rings is 7. The maximum absolute atomic E-state index is 2.68. The van der Waals surface area contributed by atoms with E-state index in [9.17, 15) is 0 Å². The van der Waals surface area contributed by atoms with Crippen molar-refractivity contribution in [3.05, 3.63) is 172 Å². The summed E-state index contributed by atoms with van der Waals surface area (Å²) in [6.07, 6.45) is 1.12. The van der Waals surface area contributed by atoms with Crippen molar-refractivity contribution in [1.82, 2.24) is 0 Å². The number of aryl methyl sites for hydroxylation is 1. The van der Waals surface area contributed by atoms with Gasteiger partial charge in [0.05, 0.1) is 5.69 Å². The summed E-state index contributed by atoms with van der Waals surface area (Å²) in [5.41, 5.74) is 26.6. The van der Waals surface area contributed by atoms with Crippen LogP contribution < -0.4 is 26.2 Å². The Hall–Kier alpha value is -5.80. The lowest BCUT2D eigenvalue weighted by molar-refractivity contribution is 0.403. The molecule has 0 saturated carbocycles. The molecule has 2 aliphatic heterocycles. The minimum atomic E-state index is -0.125. The fourth-order valence-corrected chi connectivity index (χ4v) is 12.5. The molecule has 3 heteroatoms. The highest BCUT2D eigenvalue weighted by molar-refractivity contribution is 7.00. The van der Waals surface area contributed by atoms with E-state index in [0.717, 1.165) is 6.42 Å². The molecule has 7 aromatic rings. The van der Waals surface area contributed by atoms with Crippen LogP contribution in [-0.2, 0) is 27.1 Å². The lowest BCUT2D eigenvalue weighted by Crippen LogP contribution is -2.61. The Morgan fingerprint density at radius 2 is 1.05 bits per heavy atom. The number of hydrogen-bond acceptors (Lipinski definition) is 2. The maximum Gasteiger partial charge on any atom is 0.252 e. The molecule has 0 amide bonds. The van der Waals surface area contributed by atoms with Crippen LogP contribution in [0.1, 0.15) is 128 Å².